The average molecular weight is 289 g/mol. The number of fused-ring (bicyclic) bond motifs is 1. The minimum atomic E-state index is -0.0365. The number of benzene rings is 1. The molecule has 0 saturated carbocycles. The molecule has 1 heterocycles. The Morgan fingerprint density at radius 1 is 1.10 bits per heavy atom. The highest BCUT2D eigenvalue weighted by molar-refractivity contribution is 5.85. The van der Waals surface area contributed by atoms with Gasteiger partial charge in [0.1, 0.15) is 5.75 Å². The quantitative estimate of drug-likeness (QED) is 0.731. The van der Waals surface area contributed by atoms with Gasteiger partial charge in [0.2, 0.25) is 0 Å². The number of hydrogen-bond donors (Lipinski definition) is 0. The second kappa shape index (κ2) is 7.16. The van der Waals surface area contributed by atoms with E-state index >= 15 is 0 Å². The molecule has 0 radical (unpaired) electrons. The van der Waals surface area contributed by atoms with E-state index in [1.165, 1.54) is 19.3 Å². The van der Waals surface area contributed by atoms with E-state index in [0.29, 0.717) is 17.0 Å². The molecule has 114 valence electrons. The summed E-state index contributed by atoms with van der Waals surface area (Å²) in [7, 11) is 3.22. The lowest BCUT2D eigenvalue weighted by Crippen LogP contribution is -2.13. The first kappa shape index (κ1) is 15.4. The van der Waals surface area contributed by atoms with Crippen molar-refractivity contribution in [2.75, 3.05) is 14.2 Å². The summed E-state index contributed by atoms with van der Waals surface area (Å²) in [6, 6.07) is 7.12. The van der Waals surface area contributed by atoms with E-state index in [1.807, 2.05) is 22.8 Å². The molecule has 0 N–H and O–H groups in total. The summed E-state index contributed by atoms with van der Waals surface area (Å²) in [4.78, 5) is 12.2. The maximum atomic E-state index is 12.2. The fourth-order valence-electron chi connectivity index (χ4n) is 2.63. The molecule has 2 aromatic rings. The number of rotatable bonds is 7. The van der Waals surface area contributed by atoms with Crippen LogP contribution in [0.5, 0.6) is 11.6 Å². The fourth-order valence-corrected chi connectivity index (χ4v) is 2.63. The van der Waals surface area contributed by atoms with Crippen LogP contribution in [-0.4, -0.2) is 18.8 Å². The highest BCUT2D eigenvalue weighted by atomic mass is 16.5. The van der Waals surface area contributed by atoms with Crippen LogP contribution in [0.1, 0.15) is 32.6 Å². The van der Waals surface area contributed by atoms with Gasteiger partial charge in [0.15, 0.2) is 11.3 Å². The maximum absolute atomic E-state index is 12.2. The van der Waals surface area contributed by atoms with E-state index in [1.54, 1.807) is 20.3 Å². The highest BCUT2D eigenvalue weighted by Crippen LogP contribution is 2.27. The molecule has 0 fully saturated rings. The van der Waals surface area contributed by atoms with Gasteiger partial charge in [-0.05, 0) is 18.6 Å². The van der Waals surface area contributed by atoms with Crippen LogP contribution in [0.2, 0.25) is 0 Å². The number of para-hydroxylation sites is 1. The zero-order valence-electron chi connectivity index (χ0n) is 13.0. The molecule has 0 aliphatic heterocycles. The minimum Gasteiger partial charge on any atom is -0.495 e. The van der Waals surface area contributed by atoms with Crippen molar-refractivity contribution in [2.45, 2.75) is 39.2 Å². The van der Waals surface area contributed by atoms with Gasteiger partial charge in [-0.25, -0.2) is 0 Å². The molecular weight excluding hydrogens is 266 g/mol. The van der Waals surface area contributed by atoms with E-state index in [-0.39, 0.29) is 5.43 Å². The van der Waals surface area contributed by atoms with E-state index in [4.69, 9.17) is 9.47 Å². The normalized spacial score (nSPS) is 10.8. The van der Waals surface area contributed by atoms with Gasteiger partial charge in [0, 0.05) is 18.0 Å². The number of ether oxygens (including phenoxy) is 2. The summed E-state index contributed by atoms with van der Waals surface area (Å²) in [5, 5.41) is 0.672. The SMILES string of the molecule is CCCCCCn1c(OC)cc(=O)c2cccc(OC)c21. The lowest BCUT2D eigenvalue weighted by molar-refractivity contribution is 0.365. The number of aromatic nitrogens is 1. The van der Waals surface area contributed by atoms with Gasteiger partial charge >= 0.3 is 0 Å². The van der Waals surface area contributed by atoms with Crippen LogP contribution in [0.3, 0.4) is 0 Å². The van der Waals surface area contributed by atoms with Crippen LogP contribution >= 0.6 is 0 Å². The first-order valence-electron chi connectivity index (χ1n) is 7.47. The Kier molecular flexibility index (Phi) is 5.26. The topological polar surface area (TPSA) is 40.5 Å². The van der Waals surface area contributed by atoms with Gasteiger partial charge in [-0.1, -0.05) is 32.3 Å². The molecule has 0 unspecified atom stereocenters. The summed E-state index contributed by atoms with van der Waals surface area (Å²) in [6.45, 7) is 3.01. The first-order chi connectivity index (χ1) is 10.2. The third kappa shape index (κ3) is 3.20. The lowest BCUT2D eigenvalue weighted by atomic mass is 10.1. The predicted octanol–water partition coefficient (Wildman–Crippen LogP) is 3.60. The molecule has 0 aliphatic rings. The highest BCUT2D eigenvalue weighted by Gasteiger charge is 2.13. The zero-order chi connectivity index (χ0) is 15.2. The van der Waals surface area contributed by atoms with Crippen molar-refractivity contribution in [2.24, 2.45) is 0 Å². The monoisotopic (exact) mass is 289 g/mol. The van der Waals surface area contributed by atoms with Crippen molar-refractivity contribution in [1.82, 2.24) is 4.57 Å². The molecule has 0 atom stereocenters. The van der Waals surface area contributed by atoms with Crippen molar-refractivity contribution in [3.8, 4) is 11.6 Å². The Bertz CT molecular complexity index is 661. The largest absolute Gasteiger partial charge is 0.495 e. The summed E-state index contributed by atoms with van der Waals surface area (Å²) in [5.41, 5.74) is 0.784. The molecule has 0 amide bonds. The van der Waals surface area contributed by atoms with Gasteiger partial charge in [-0.3, -0.25) is 4.79 Å². The van der Waals surface area contributed by atoms with Crippen molar-refractivity contribution >= 4 is 10.9 Å². The predicted molar refractivity (Wildman–Crippen MR) is 85.5 cm³/mol. The van der Waals surface area contributed by atoms with Gasteiger partial charge in [-0.15, -0.1) is 0 Å². The van der Waals surface area contributed by atoms with Crippen molar-refractivity contribution in [3.63, 3.8) is 0 Å². The number of nitrogens with zero attached hydrogens (tertiary/aromatic N) is 1. The van der Waals surface area contributed by atoms with Crippen molar-refractivity contribution < 1.29 is 9.47 Å². The van der Waals surface area contributed by atoms with Gasteiger partial charge in [0.25, 0.3) is 0 Å². The Morgan fingerprint density at radius 2 is 1.90 bits per heavy atom. The fraction of sp³-hybridized carbons (Fsp3) is 0.471. The first-order valence-corrected chi connectivity index (χ1v) is 7.47. The summed E-state index contributed by atoms with van der Waals surface area (Å²) < 4.78 is 12.9. The van der Waals surface area contributed by atoms with E-state index in [0.717, 1.165) is 18.5 Å². The molecule has 0 saturated heterocycles. The number of pyridine rings is 1. The van der Waals surface area contributed by atoms with Crippen LogP contribution < -0.4 is 14.9 Å². The van der Waals surface area contributed by atoms with Crippen LogP contribution in [0.4, 0.5) is 0 Å². The molecule has 0 spiro atoms. The Balaban J connectivity index is 2.53. The molecule has 0 bridgehead atoms. The second-order valence-corrected chi connectivity index (χ2v) is 5.12. The Morgan fingerprint density at radius 3 is 2.57 bits per heavy atom. The van der Waals surface area contributed by atoms with E-state index < -0.39 is 0 Å². The number of methoxy groups -OCH3 is 2. The smallest absolute Gasteiger partial charge is 0.197 e. The summed E-state index contributed by atoms with van der Waals surface area (Å²) in [6.07, 6.45) is 4.64. The standard InChI is InChI=1S/C17H23NO3/c1-4-5-6-7-11-18-16(21-3)12-14(19)13-9-8-10-15(20-2)17(13)18/h8-10,12H,4-7,11H2,1-3H3. The summed E-state index contributed by atoms with van der Waals surface area (Å²) >= 11 is 0. The Hall–Kier alpha value is -1.97. The Labute approximate surface area is 125 Å². The molecule has 4 heteroatoms. The summed E-state index contributed by atoms with van der Waals surface area (Å²) in [5.74, 6) is 1.30. The number of hydrogen-bond acceptors (Lipinski definition) is 3. The average Bonchev–Trinajstić information content (AvgIpc) is 2.52. The lowest BCUT2D eigenvalue weighted by Gasteiger charge is -2.17. The van der Waals surface area contributed by atoms with Crippen molar-refractivity contribution in [3.05, 3.63) is 34.5 Å². The third-order valence-corrected chi connectivity index (χ3v) is 3.72. The third-order valence-electron chi connectivity index (χ3n) is 3.72. The van der Waals surface area contributed by atoms with Crippen LogP contribution in [0.15, 0.2) is 29.1 Å². The van der Waals surface area contributed by atoms with Crippen LogP contribution in [-0.2, 0) is 6.54 Å². The van der Waals surface area contributed by atoms with Gasteiger partial charge < -0.3 is 14.0 Å². The van der Waals surface area contributed by atoms with Crippen LogP contribution in [0, 0.1) is 0 Å². The number of unbranched alkanes of at least 4 members (excludes halogenated alkanes) is 3. The molecular formula is C17H23NO3. The van der Waals surface area contributed by atoms with E-state index in [9.17, 15) is 4.79 Å². The zero-order valence-corrected chi connectivity index (χ0v) is 13.0. The van der Waals surface area contributed by atoms with E-state index in [2.05, 4.69) is 6.92 Å². The molecule has 1 aromatic carbocycles. The molecule has 21 heavy (non-hydrogen) atoms. The molecule has 4 nitrogen and oxygen atoms in total. The van der Waals surface area contributed by atoms with Crippen molar-refractivity contribution in [1.29, 1.82) is 0 Å². The number of aryl methyl sites for hydroxylation is 1. The molecule has 1 aromatic heterocycles. The molecule has 2 rings (SSSR count). The van der Waals surface area contributed by atoms with Crippen LogP contribution in [0.25, 0.3) is 10.9 Å². The van der Waals surface area contributed by atoms with Gasteiger partial charge in [0.05, 0.1) is 19.7 Å². The van der Waals surface area contributed by atoms with Gasteiger partial charge in [-0.2, -0.15) is 0 Å². The maximum Gasteiger partial charge on any atom is 0.197 e. The second-order valence-electron chi connectivity index (χ2n) is 5.12. The molecule has 0 aliphatic carbocycles. The minimum absolute atomic E-state index is 0.0365.